The van der Waals surface area contributed by atoms with Gasteiger partial charge in [0.25, 0.3) is 0 Å². The maximum Gasteiger partial charge on any atom is 0.410 e. The first-order valence-electron chi connectivity index (χ1n) is 13.1. The van der Waals surface area contributed by atoms with Gasteiger partial charge in [-0.2, -0.15) is 0 Å². The number of hydrogen-bond acceptors (Lipinski definition) is 6. The summed E-state index contributed by atoms with van der Waals surface area (Å²) < 4.78 is 5.50. The van der Waals surface area contributed by atoms with Gasteiger partial charge in [-0.1, -0.05) is 35.9 Å². The molecule has 2 heterocycles. The zero-order valence-electron chi connectivity index (χ0n) is 23.0. The number of aryl methyl sites for hydroxylation is 3. The van der Waals surface area contributed by atoms with Crippen molar-refractivity contribution in [2.24, 2.45) is 5.41 Å². The molecule has 2 N–H and O–H groups in total. The lowest BCUT2D eigenvalue weighted by molar-refractivity contribution is -0.190. The largest absolute Gasteiger partial charge is 0.444 e. The fourth-order valence-corrected chi connectivity index (χ4v) is 5.96. The SMILES string of the molecule is Cc1cccc([C@@H](C)Nc2nc(C)nc3c(C)cc(C4(O)CC5(CN(C(=O)OC(C)(C)C)C5)C4)cc23)c1. The number of anilines is 1. The van der Waals surface area contributed by atoms with Crippen molar-refractivity contribution in [3.05, 3.63) is 64.5 Å². The summed E-state index contributed by atoms with van der Waals surface area (Å²) >= 11 is 0. The molecule has 0 radical (unpaired) electrons. The van der Waals surface area contributed by atoms with E-state index in [9.17, 15) is 9.90 Å². The van der Waals surface area contributed by atoms with Crippen LogP contribution >= 0.6 is 0 Å². The Hall–Kier alpha value is -3.19. The average molecular weight is 503 g/mol. The molecule has 7 nitrogen and oxygen atoms in total. The third kappa shape index (κ3) is 4.89. The second kappa shape index (κ2) is 8.69. The van der Waals surface area contributed by atoms with Crippen molar-refractivity contribution < 1.29 is 14.6 Å². The standard InChI is InChI=1S/C30H38N4O3/c1-18-9-8-10-22(11-18)20(3)31-26-24-13-23(12-19(2)25(24)32-21(4)33-26)30(36)14-29(15-30)16-34(17-29)27(35)37-28(5,6)7/h8-13,20,36H,14-17H2,1-7H3,(H,31,32,33)/t20-/m1/s1. The maximum absolute atomic E-state index is 12.4. The van der Waals surface area contributed by atoms with Gasteiger partial charge in [-0.05, 0) is 84.1 Å². The Labute approximate surface area is 219 Å². The minimum atomic E-state index is -0.927. The molecule has 0 unspecified atom stereocenters. The maximum atomic E-state index is 12.4. The summed E-state index contributed by atoms with van der Waals surface area (Å²) in [6, 6.07) is 12.6. The molecular formula is C30H38N4O3. The van der Waals surface area contributed by atoms with E-state index in [4.69, 9.17) is 14.7 Å². The van der Waals surface area contributed by atoms with E-state index in [1.807, 2.05) is 40.7 Å². The number of likely N-dealkylation sites (tertiary alicyclic amines) is 1. The van der Waals surface area contributed by atoms with Gasteiger partial charge in [-0.25, -0.2) is 14.8 Å². The van der Waals surface area contributed by atoms with E-state index in [1.165, 1.54) is 11.1 Å². The van der Waals surface area contributed by atoms with Crippen LogP contribution < -0.4 is 5.32 Å². The Balaban J connectivity index is 1.38. The number of aromatic nitrogens is 2. The van der Waals surface area contributed by atoms with E-state index < -0.39 is 11.2 Å². The van der Waals surface area contributed by atoms with Crippen LogP contribution in [0.5, 0.6) is 0 Å². The van der Waals surface area contributed by atoms with Crippen LogP contribution in [0.3, 0.4) is 0 Å². The molecule has 1 saturated heterocycles. The molecule has 1 aromatic heterocycles. The quantitative estimate of drug-likeness (QED) is 0.459. The number of carbonyl (C=O) groups is 1. The summed E-state index contributed by atoms with van der Waals surface area (Å²) in [5.41, 5.74) is 3.73. The first-order chi connectivity index (χ1) is 17.3. The Kier molecular flexibility index (Phi) is 5.98. The van der Waals surface area contributed by atoms with E-state index >= 15 is 0 Å². The van der Waals surface area contributed by atoms with Gasteiger partial charge in [0.15, 0.2) is 0 Å². The second-order valence-electron chi connectivity index (χ2n) is 12.3. The van der Waals surface area contributed by atoms with Gasteiger partial charge in [0.1, 0.15) is 17.2 Å². The minimum Gasteiger partial charge on any atom is -0.444 e. The zero-order chi connectivity index (χ0) is 26.8. The normalized spacial score (nSPS) is 18.8. The third-order valence-electron chi connectivity index (χ3n) is 7.57. The molecule has 196 valence electrons. The molecule has 1 aliphatic carbocycles. The van der Waals surface area contributed by atoms with E-state index in [1.54, 1.807) is 4.90 Å². The third-order valence-corrected chi connectivity index (χ3v) is 7.57. The number of fused-ring (bicyclic) bond motifs is 1. The van der Waals surface area contributed by atoms with E-state index in [-0.39, 0.29) is 17.6 Å². The summed E-state index contributed by atoms with van der Waals surface area (Å²) in [7, 11) is 0. The number of aliphatic hydroxyl groups is 1. The smallest absolute Gasteiger partial charge is 0.410 e. The van der Waals surface area contributed by atoms with Crippen molar-refractivity contribution in [2.75, 3.05) is 18.4 Å². The second-order valence-corrected chi connectivity index (χ2v) is 12.3. The van der Waals surface area contributed by atoms with E-state index in [0.29, 0.717) is 31.8 Å². The van der Waals surface area contributed by atoms with Crippen LogP contribution in [0.4, 0.5) is 10.6 Å². The molecule has 1 amide bonds. The zero-order valence-corrected chi connectivity index (χ0v) is 23.0. The summed E-state index contributed by atoms with van der Waals surface area (Å²) in [5, 5.41) is 16.1. The predicted molar refractivity (Wildman–Crippen MR) is 146 cm³/mol. The lowest BCUT2D eigenvalue weighted by atomic mass is 9.53. The average Bonchev–Trinajstić information content (AvgIpc) is 2.74. The molecule has 2 fully saturated rings. The number of amides is 1. The molecule has 5 rings (SSSR count). The molecule has 1 atom stereocenters. The van der Waals surface area contributed by atoms with Crippen molar-refractivity contribution in [2.45, 2.75) is 78.6 Å². The fraction of sp³-hybridized carbons (Fsp3) is 0.500. The summed E-state index contributed by atoms with van der Waals surface area (Å²) in [4.78, 5) is 23.6. The van der Waals surface area contributed by atoms with Gasteiger partial charge in [0.2, 0.25) is 0 Å². The lowest BCUT2D eigenvalue weighted by Gasteiger charge is -2.62. The fourth-order valence-electron chi connectivity index (χ4n) is 5.96. The van der Waals surface area contributed by atoms with Gasteiger partial charge in [-0.15, -0.1) is 0 Å². The Bertz CT molecular complexity index is 1360. The highest BCUT2D eigenvalue weighted by molar-refractivity contribution is 5.92. The summed E-state index contributed by atoms with van der Waals surface area (Å²) in [6.07, 6.45) is 0.972. The number of nitrogens with one attached hydrogen (secondary N) is 1. The number of rotatable bonds is 4. The van der Waals surface area contributed by atoms with Crippen molar-refractivity contribution >= 4 is 22.8 Å². The van der Waals surface area contributed by atoms with Crippen LogP contribution in [0.25, 0.3) is 10.9 Å². The number of hydrogen-bond donors (Lipinski definition) is 2. The van der Waals surface area contributed by atoms with Crippen LogP contribution in [0.1, 0.15) is 74.7 Å². The molecular weight excluding hydrogens is 464 g/mol. The molecule has 2 aliphatic rings. The molecule has 2 aromatic carbocycles. The highest BCUT2D eigenvalue weighted by atomic mass is 16.6. The topological polar surface area (TPSA) is 87.6 Å². The van der Waals surface area contributed by atoms with E-state index in [2.05, 4.69) is 49.5 Å². The van der Waals surface area contributed by atoms with Gasteiger partial charge in [0, 0.05) is 29.9 Å². The Morgan fingerprint density at radius 1 is 1.11 bits per heavy atom. The number of ether oxygens (including phenoxy) is 1. The van der Waals surface area contributed by atoms with Crippen molar-refractivity contribution in [1.29, 1.82) is 0 Å². The van der Waals surface area contributed by atoms with Gasteiger partial charge in [0.05, 0.1) is 11.1 Å². The Morgan fingerprint density at radius 2 is 1.81 bits per heavy atom. The first-order valence-corrected chi connectivity index (χ1v) is 13.1. The monoisotopic (exact) mass is 502 g/mol. The highest BCUT2D eigenvalue weighted by Gasteiger charge is 2.61. The van der Waals surface area contributed by atoms with Crippen LogP contribution in [-0.4, -0.2) is 44.8 Å². The highest BCUT2D eigenvalue weighted by Crippen LogP contribution is 2.59. The van der Waals surface area contributed by atoms with Crippen molar-refractivity contribution in [1.82, 2.24) is 14.9 Å². The van der Waals surface area contributed by atoms with Crippen molar-refractivity contribution in [3.63, 3.8) is 0 Å². The van der Waals surface area contributed by atoms with Gasteiger partial charge >= 0.3 is 6.09 Å². The van der Waals surface area contributed by atoms with Crippen LogP contribution in [0.2, 0.25) is 0 Å². The number of benzene rings is 2. The Morgan fingerprint density at radius 3 is 2.46 bits per heavy atom. The van der Waals surface area contributed by atoms with Crippen LogP contribution in [0, 0.1) is 26.2 Å². The molecule has 7 heteroatoms. The lowest BCUT2D eigenvalue weighted by Crippen LogP contribution is -2.68. The minimum absolute atomic E-state index is 0.0426. The van der Waals surface area contributed by atoms with E-state index in [0.717, 1.165) is 27.8 Å². The molecule has 1 spiro atoms. The summed E-state index contributed by atoms with van der Waals surface area (Å²) in [6.45, 7) is 15.0. The molecule has 1 saturated carbocycles. The molecule has 1 aliphatic heterocycles. The van der Waals surface area contributed by atoms with Gasteiger partial charge in [-0.3, -0.25) is 0 Å². The van der Waals surface area contributed by atoms with Crippen molar-refractivity contribution in [3.8, 4) is 0 Å². The molecule has 37 heavy (non-hydrogen) atoms. The number of nitrogens with zero attached hydrogens (tertiary/aromatic N) is 3. The molecule has 3 aromatic rings. The first kappa shape index (κ1) is 25.5. The number of carbonyl (C=O) groups excluding carboxylic acids is 1. The predicted octanol–water partition coefficient (Wildman–Crippen LogP) is 5.95. The van der Waals surface area contributed by atoms with Gasteiger partial charge < -0.3 is 20.1 Å². The molecule has 0 bridgehead atoms. The van der Waals surface area contributed by atoms with Crippen LogP contribution in [0.15, 0.2) is 36.4 Å². The summed E-state index contributed by atoms with van der Waals surface area (Å²) in [5.74, 6) is 1.49. The van der Waals surface area contributed by atoms with Crippen LogP contribution in [-0.2, 0) is 10.3 Å².